The van der Waals surface area contributed by atoms with Crippen LogP contribution in [0.5, 0.6) is 0 Å². The molecule has 0 radical (unpaired) electrons. The number of carbonyl (C=O) groups is 1. The number of aromatic amines is 1. The van der Waals surface area contributed by atoms with Crippen molar-refractivity contribution in [1.82, 2.24) is 25.1 Å². The maximum atomic E-state index is 13.0. The molecule has 4 heterocycles. The van der Waals surface area contributed by atoms with Crippen molar-refractivity contribution in [3.8, 4) is 0 Å². The van der Waals surface area contributed by atoms with Gasteiger partial charge in [0.25, 0.3) is 0 Å². The van der Waals surface area contributed by atoms with Crippen molar-refractivity contribution in [3.63, 3.8) is 0 Å². The lowest BCUT2D eigenvalue weighted by Gasteiger charge is -2.24. The molecule has 34 heavy (non-hydrogen) atoms. The van der Waals surface area contributed by atoms with Crippen molar-refractivity contribution in [1.29, 1.82) is 0 Å². The van der Waals surface area contributed by atoms with Gasteiger partial charge in [-0.25, -0.2) is 9.97 Å². The average Bonchev–Trinajstić information content (AvgIpc) is 3.64. The van der Waals surface area contributed by atoms with Crippen LogP contribution in [0.25, 0.3) is 0 Å². The van der Waals surface area contributed by atoms with Gasteiger partial charge in [-0.05, 0) is 44.9 Å². The maximum absolute atomic E-state index is 13.0. The first-order valence-electron chi connectivity index (χ1n) is 12.0. The third-order valence-electron chi connectivity index (χ3n) is 7.08. The quantitative estimate of drug-likeness (QED) is 0.447. The summed E-state index contributed by atoms with van der Waals surface area (Å²) in [6.07, 6.45) is 11.2. The Kier molecular flexibility index (Phi) is 5.86. The highest BCUT2D eigenvalue weighted by Gasteiger charge is 2.34. The number of H-pyrrole nitrogens is 1. The molecule has 2 aliphatic carbocycles. The first-order chi connectivity index (χ1) is 16.6. The predicted molar refractivity (Wildman–Crippen MR) is 133 cm³/mol. The number of carbonyl (C=O) groups excluding carboxylic acids is 1. The van der Waals surface area contributed by atoms with Gasteiger partial charge in [-0.2, -0.15) is 10.1 Å². The number of aryl methyl sites for hydroxylation is 1. The Hall–Kier alpha value is -2.72. The van der Waals surface area contributed by atoms with Gasteiger partial charge in [-0.3, -0.25) is 9.89 Å². The molecular weight excluding hydrogens is 472 g/mol. The normalized spacial score (nSPS) is 20.1. The second kappa shape index (κ2) is 9.14. The summed E-state index contributed by atoms with van der Waals surface area (Å²) >= 11 is 7.22. The fourth-order valence-electron chi connectivity index (χ4n) is 5.40. The smallest absolute Gasteiger partial charge is 0.248 e. The van der Waals surface area contributed by atoms with Gasteiger partial charge in [0.05, 0.1) is 11.9 Å². The molecule has 1 amide bonds. The van der Waals surface area contributed by atoms with Gasteiger partial charge < -0.3 is 15.5 Å². The SMILES string of the molecule is O=C(Nc1ncc(Cl)s1)C1CCCN1c1nc2c(c(Nc3cc(C4CCCC4)[nH]n3)n1)CCC2. The van der Waals surface area contributed by atoms with E-state index < -0.39 is 0 Å². The number of aromatic nitrogens is 5. The Morgan fingerprint density at radius 1 is 1.15 bits per heavy atom. The molecule has 3 aromatic rings. The van der Waals surface area contributed by atoms with Crippen molar-refractivity contribution in [2.45, 2.75) is 69.7 Å². The first-order valence-corrected chi connectivity index (χ1v) is 13.2. The summed E-state index contributed by atoms with van der Waals surface area (Å²) in [6.45, 7) is 0.739. The van der Waals surface area contributed by atoms with Crippen LogP contribution in [0.3, 0.4) is 0 Å². The van der Waals surface area contributed by atoms with E-state index >= 15 is 0 Å². The standard InChI is InChI=1S/C23H27ClN8OS/c24-18-12-25-23(34-18)29-21(33)17-9-4-10-32(17)22-26-15-8-3-7-14(15)20(28-22)27-19-11-16(30-31-19)13-5-1-2-6-13/h11-13,17H,1-10H2,(H,25,29,33)(H2,26,27,28,30,31). The van der Waals surface area contributed by atoms with E-state index in [2.05, 4.69) is 31.9 Å². The van der Waals surface area contributed by atoms with Crippen LogP contribution in [0.4, 0.5) is 22.7 Å². The molecule has 6 rings (SSSR count). The molecule has 0 aromatic carbocycles. The molecule has 0 bridgehead atoms. The van der Waals surface area contributed by atoms with E-state index in [0.29, 0.717) is 21.3 Å². The highest BCUT2D eigenvalue weighted by Crippen LogP contribution is 2.36. The Morgan fingerprint density at radius 3 is 2.85 bits per heavy atom. The summed E-state index contributed by atoms with van der Waals surface area (Å²) in [5, 5.41) is 14.6. The molecule has 1 unspecified atom stereocenters. The summed E-state index contributed by atoms with van der Waals surface area (Å²) in [5.74, 6) is 2.67. The molecule has 9 nitrogen and oxygen atoms in total. The Morgan fingerprint density at radius 2 is 2.03 bits per heavy atom. The van der Waals surface area contributed by atoms with Gasteiger partial charge in [0, 0.05) is 29.8 Å². The summed E-state index contributed by atoms with van der Waals surface area (Å²) in [6, 6.07) is 1.78. The van der Waals surface area contributed by atoms with Gasteiger partial charge in [0.15, 0.2) is 10.9 Å². The van der Waals surface area contributed by atoms with Crippen molar-refractivity contribution < 1.29 is 4.79 Å². The number of hydrogen-bond donors (Lipinski definition) is 3. The van der Waals surface area contributed by atoms with E-state index in [-0.39, 0.29) is 11.9 Å². The summed E-state index contributed by atoms with van der Waals surface area (Å²) < 4.78 is 0.547. The molecule has 0 spiro atoms. The highest BCUT2D eigenvalue weighted by atomic mass is 35.5. The second-order valence-corrected chi connectivity index (χ2v) is 10.9. The van der Waals surface area contributed by atoms with E-state index in [0.717, 1.165) is 61.5 Å². The molecule has 11 heteroatoms. The van der Waals surface area contributed by atoms with Crippen molar-refractivity contribution in [3.05, 3.63) is 33.6 Å². The Labute approximate surface area is 206 Å². The minimum atomic E-state index is -0.339. The van der Waals surface area contributed by atoms with E-state index in [1.165, 1.54) is 42.7 Å². The highest BCUT2D eigenvalue weighted by molar-refractivity contribution is 7.19. The van der Waals surface area contributed by atoms with Gasteiger partial charge in [0.2, 0.25) is 11.9 Å². The van der Waals surface area contributed by atoms with Crippen molar-refractivity contribution in [2.75, 3.05) is 22.1 Å². The molecule has 1 saturated carbocycles. The Balaban J connectivity index is 1.25. The number of halogens is 1. The molecule has 178 valence electrons. The lowest BCUT2D eigenvalue weighted by atomic mass is 10.0. The fraction of sp³-hybridized carbons (Fsp3) is 0.522. The molecular formula is C23H27ClN8OS. The summed E-state index contributed by atoms with van der Waals surface area (Å²) in [4.78, 5) is 29.0. The monoisotopic (exact) mass is 498 g/mol. The zero-order chi connectivity index (χ0) is 23.1. The van der Waals surface area contributed by atoms with Gasteiger partial charge >= 0.3 is 0 Å². The maximum Gasteiger partial charge on any atom is 0.248 e. The largest absolute Gasteiger partial charge is 0.329 e. The topological polar surface area (TPSA) is 112 Å². The fourth-order valence-corrected chi connectivity index (χ4v) is 6.21. The average molecular weight is 499 g/mol. The molecule has 2 fully saturated rings. The molecule has 1 saturated heterocycles. The minimum absolute atomic E-state index is 0.101. The summed E-state index contributed by atoms with van der Waals surface area (Å²) in [7, 11) is 0. The molecule has 1 aliphatic heterocycles. The third kappa shape index (κ3) is 4.24. The van der Waals surface area contributed by atoms with Crippen LogP contribution in [0.1, 0.15) is 67.8 Å². The van der Waals surface area contributed by atoms with Crippen LogP contribution in [0.15, 0.2) is 12.3 Å². The zero-order valence-electron chi connectivity index (χ0n) is 18.8. The van der Waals surface area contributed by atoms with E-state index in [9.17, 15) is 4.79 Å². The van der Waals surface area contributed by atoms with E-state index in [4.69, 9.17) is 21.6 Å². The van der Waals surface area contributed by atoms with Crippen LogP contribution in [0.2, 0.25) is 4.34 Å². The van der Waals surface area contributed by atoms with Gasteiger partial charge in [0.1, 0.15) is 16.2 Å². The van der Waals surface area contributed by atoms with Gasteiger partial charge in [-0.1, -0.05) is 35.8 Å². The zero-order valence-corrected chi connectivity index (χ0v) is 20.4. The van der Waals surface area contributed by atoms with Crippen LogP contribution in [-0.4, -0.2) is 43.6 Å². The number of rotatable bonds is 6. The first kappa shape index (κ1) is 21.8. The van der Waals surface area contributed by atoms with Crippen molar-refractivity contribution in [2.24, 2.45) is 0 Å². The molecule has 1 atom stereocenters. The number of nitrogens with one attached hydrogen (secondary N) is 3. The van der Waals surface area contributed by atoms with E-state index in [1.54, 1.807) is 6.20 Å². The second-order valence-electron chi connectivity index (χ2n) is 9.28. The van der Waals surface area contributed by atoms with Crippen molar-refractivity contribution >= 4 is 51.6 Å². The minimum Gasteiger partial charge on any atom is -0.329 e. The van der Waals surface area contributed by atoms with Gasteiger partial charge in [-0.15, -0.1) is 0 Å². The van der Waals surface area contributed by atoms with Crippen LogP contribution in [-0.2, 0) is 17.6 Å². The van der Waals surface area contributed by atoms with E-state index in [1.807, 2.05) is 4.90 Å². The molecule has 3 N–H and O–H groups in total. The third-order valence-corrected chi connectivity index (χ3v) is 8.11. The summed E-state index contributed by atoms with van der Waals surface area (Å²) in [5.41, 5.74) is 3.42. The number of anilines is 4. The van der Waals surface area contributed by atoms with Crippen LogP contribution >= 0.6 is 22.9 Å². The predicted octanol–water partition coefficient (Wildman–Crippen LogP) is 4.81. The molecule has 3 aromatic heterocycles. The lowest BCUT2D eigenvalue weighted by Crippen LogP contribution is -2.40. The number of nitrogens with zero attached hydrogens (tertiary/aromatic N) is 5. The van der Waals surface area contributed by atoms with Crippen LogP contribution < -0.4 is 15.5 Å². The Bertz CT molecular complexity index is 1200. The molecule has 3 aliphatic rings. The number of amides is 1. The number of thiazole rings is 1. The number of hydrogen-bond acceptors (Lipinski definition) is 8. The number of fused-ring (bicyclic) bond motifs is 1. The van der Waals surface area contributed by atoms with Crippen LogP contribution in [0, 0.1) is 0 Å². The lowest BCUT2D eigenvalue weighted by molar-refractivity contribution is -0.117.